The van der Waals surface area contributed by atoms with Crippen molar-refractivity contribution in [1.82, 2.24) is 9.97 Å². The van der Waals surface area contributed by atoms with Gasteiger partial charge in [0.2, 0.25) is 11.8 Å². The Balaban J connectivity index is 1.41. The number of benzene rings is 3. The predicted molar refractivity (Wildman–Crippen MR) is 134 cm³/mol. The van der Waals surface area contributed by atoms with Crippen molar-refractivity contribution >= 4 is 46.1 Å². The first kappa shape index (κ1) is 22.7. The number of amides is 2. The van der Waals surface area contributed by atoms with Gasteiger partial charge in [-0.05, 0) is 37.3 Å². The zero-order valence-corrected chi connectivity index (χ0v) is 19.7. The Hall–Kier alpha value is -4.04. The normalized spacial score (nSPS) is 15.6. The monoisotopic (exact) mass is 483 g/mol. The third-order valence-electron chi connectivity index (χ3n) is 5.62. The molecule has 35 heavy (non-hydrogen) atoms. The number of esters is 1. The van der Waals surface area contributed by atoms with Crippen molar-refractivity contribution in [3.8, 4) is 11.3 Å². The molecule has 3 aromatic carbocycles. The van der Waals surface area contributed by atoms with Gasteiger partial charge in [0, 0.05) is 17.4 Å². The Kier molecular flexibility index (Phi) is 6.29. The van der Waals surface area contributed by atoms with Crippen LogP contribution in [0.1, 0.15) is 23.7 Å². The maximum Gasteiger partial charge on any atom is 0.338 e. The van der Waals surface area contributed by atoms with Crippen LogP contribution in [0.5, 0.6) is 0 Å². The SMILES string of the molecule is CCOC(=O)c1ccc(N2C(=O)CC(Sc3nc(-c4ccccc4)c4ccccc4n3)C2=O)cc1. The molecular formula is C27H21N3O4S. The van der Waals surface area contributed by atoms with Crippen molar-refractivity contribution < 1.29 is 19.1 Å². The number of rotatable bonds is 6. The molecule has 7 nitrogen and oxygen atoms in total. The summed E-state index contributed by atoms with van der Waals surface area (Å²) in [5.74, 6) is -1.09. The molecule has 1 saturated heterocycles. The number of ether oxygens (including phenoxy) is 1. The summed E-state index contributed by atoms with van der Waals surface area (Å²) >= 11 is 1.19. The highest BCUT2D eigenvalue weighted by Crippen LogP contribution is 2.35. The largest absolute Gasteiger partial charge is 0.462 e. The van der Waals surface area contributed by atoms with E-state index >= 15 is 0 Å². The van der Waals surface area contributed by atoms with E-state index in [0.29, 0.717) is 16.4 Å². The Morgan fingerprint density at radius 1 is 0.971 bits per heavy atom. The van der Waals surface area contributed by atoms with Crippen LogP contribution in [0, 0.1) is 0 Å². The van der Waals surface area contributed by atoms with E-state index in [-0.39, 0.29) is 24.8 Å². The van der Waals surface area contributed by atoms with Crippen molar-refractivity contribution in [2.24, 2.45) is 0 Å². The fourth-order valence-corrected chi connectivity index (χ4v) is 4.96. The molecule has 1 aliphatic heterocycles. The molecule has 8 heteroatoms. The van der Waals surface area contributed by atoms with Gasteiger partial charge in [-0.2, -0.15) is 0 Å². The molecule has 0 spiro atoms. The molecule has 0 N–H and O–H groups in total. The number of fused-ring (bicyclic) bond motifs is 1. The summed E-state index contributed by atoms with van der Waals surface area (Å²) < 4.78 is 4.99. The molecule has 0 radical (unpaired) electrons. The van der Waals surface area contributed by atoms with Crippen LogP contribution in [0.15, 0.2) is 84.0 Å². The van der Waals surface area contributed by atoms with E-state index in [9.17, 15) is 14.4 Å². The average Bonchev–Trinajstić information content (AvgIpc) is 3.16. The first-order valence-corrected chi connectivity index (χ1v) is 12.1. The van der Waals surface area contributed by atoms with Crippen LogP contribution in [0.2, 0.25) is 0 Å². The fraction of sp³-hybridized carbons (Fsp3) is 0.148. The molecule has 0 aliphatic carbocycles. The molecule has 2 heterocycles. The zero-order chi connectivity index (χ0) is 24.4. The first-order valence-electron chi connectivity index (χ1n) is 11.2. The second-order valence-corrected chi connectivity index (χ2v) is 9.05. The molecule has 1 aromatic heterocycles. The van der Waals surface area contributed by atoms with Crippen molar-refractivity contribution in [3.63, 3.8) is 0 Å². The number of anilines is 1. The third-order valence-corrected chi connectivity index (χ3v) is 6.67. The van der Waals surface area contributed by atoms with Crippen LogP contribution in [0.4, 0.5) is 5.69 Å². The predicted octanol–water partition coefficient (Wildman–Crippen LogP) is 4.90. The summed E-state index contributed by atoms with van der Waals surface area (Å²) in [5, 5.41) is 0.713. The maximum absolute atomic E-state index is 13.2. The van der Waals surface area contributed by atoms with Gasteiger partial charge < -0.3 is 4.74 Å². The van der Waals surface area contributed by atoms with Gasteiger partial charge in [0.05, 0.1) is 29.1 Å². The fourth-order valence-electron chi connectivity index (χ4n) is 3.98. The minimum atomic E-state index is -0.642. The lowest BCUT2D eigenvalue weighted by molar-refractivity contribution is -0.121. The van der Waals surface area contributed by atoms with E-state index in [1.165, 1.54) is 11.8 Å². The maximum atomic E-state index is 13.2. The van der Waals surface area contributed by atoms with E-state index in [1.54, 1.807) is 31.2 Å². The highest BCUT2D eigenvalue weighted by molar-refractivity contribution is 8.00. The molecule has 2 amide bonds. The van der Waals surface area contributed by atoms with Gasteiger partial charge in [-0.25, -0.2) is 19.7 Å². The number of carbonyl (C=O) groups excluding carboxylic acids is 3. The number of carbonyl (C=O) groups is 3. The lowest BCUT2D eigenvalue weighted by Crippen LogP contribution is -2.31. The smallest absolute Gasteiger partial charge is 0.338 e. The van der Waals surface area contributed by atoms with Gasteiger partial charge in [-0.1, -0.05) is 60.3 Å². The van der Waals surface area contributed by atoms with Gasteiger partial charge in [0.25, 0.3) is 0 Å². The van der Waals surface area contributed by atoms with E-state index in [1.807, 2.05) is 54.6 Å². The second kappa shape index (κ2) is 9.68. The van der Waals surface area contributed by atoms with Crippen LogP contribution in [-0.4, -0.2) is 39.6 Å². The van der Waals surface area contributed by atoms with E-state index < -0.39 is 11.2 Å². The molecule has 4 aromatic rings. The van der Waals surface area contributed by atoms with Gasteiger partial charge >= 0.3 is 5.97 Å². The Morgan fingerprint density at radius 2 is 1.69 bits per heavy atom. The number of hydrogen-bond acceptors (Lipinski definition) is 7. The number of aromatic nitrogens is 2. The average molecular weight is 484 g/mol. The summed E-state index contributed by atoms with van der Waals surface area (Å²) in [7, 11) is 0. The quantitative estimate of drug-likeness (QED) is 0.219. The molecule has 174 valence electrons. The van der Waals surface area contributed by atoms with Gasteiger partial charge in [-0.15, -0.1) is 0 Å². The highest BCUT2D eigenvalue weighted by Gasteiger charge is 2.40. The number of para-hydroxylation sites is 1. The zero-order valence-electron chi connectivity index (χ0n) is 18.9. The van der Waals surface area contributed by atoms with E-state index in [2.05, 4.69) is 4.98 Å². The molecule has 1 aliphatic rings. The van der Waals surface area contributed by atoms with E-state index in [4.69, 9.17) is 9.72 Å². The topological polar surface area (TPSA) is 89.5 Å². The van der Waals surface area contributed by atoms with Crippen LogP contribution >= 0.6 is 11.8 Å². The molecule has 0 bridgehead atoms. The van der Waals surface area contributed by atoms with Crippen LogP contribution in [0.3, 0.4) is 0 Å². The van der Waals surface area contributed by atoms with Crippen molar-refractivity contribution in [2.45, 2.75) is 23.8 Å². The second-order valence-electron chi connectivity index (χ2n) is 7.88. The molecule has 1 fully saturated rings. The standard InChI is InChI=1S/C27H21N3O4S/c1-2-34-26(33)18-12-14-19(15-13-18)30-23(31)16-22(25(30)32)35-27-28-21-11-7-6-10-20(21)24(29-27)17-8-4-3-5-9-17/h3-15,22H,2,16H2,1H3. The van der Waals surface area contributed by atoms with Crippen molar-refractivity contribution in [3.05, 3.63) is 84.4 Å². The molecule has 1 unspecified atom stereocenters. The number of hydrogen-bond donors (Lipinski definition) is 0. The Labute approximate surface area is 206 Å². The Bertz CT molecular complexity index is 1420. The van der Waals surface area contributed by atoms with Gasteiger partial charge in [0.1, 0.15) is 5.25 Å². The number of nitrogens with zero attached hydrogens (tertiary/aromatic N) is 3. The number of thioether (sulfide) groups is 1. The van der Waals surface area contributed by atoms with Crippen molar-refractivity contribution in [1.29, 1.82) is 0 Å². The van der Waals surface area contributed by atoms with Crippen LogP contribution in [0.25, 0.3) is 22.2 Å². The molecular weight excluding hydrogens is 462 g/mol. The van der Waals surface area contributed by atoms with Crippen molar-refractivity contribution in [2.75, 3.05) is 11.5 Å². The molecule has 1 atom stereocenters. The van der Waals surface area contributed by atoms with Crippen LogP contribution < -0.4 is 4.90 Å². The summed E-state index contributed by atoms with van der Waals surface area (Å²) in [6.45, 7) is 2.00. The third kappa shape index (κ3) is 4.52. The summed E-state index contributed by atoms with van der Waals surface area (Å²) in [5.41, 5.74) is 3.28. The minimum absolute atomic E-state index is 0.0417. The van der Waals surface area contributed by atoms with Gasteiger partial charge in [-0.3, -0.25) is 9.59 Å². The minimum Gasteiger partial charge on any atom is -0.462 e. The molecule has 0 saturated carbocycles. The number of imide groups is 1. The lowest BCUT2D eigenvalue weighted by Gasteiger charge is -2.15. The lowest BCUT2D eigenvalue weighted by atomic mass is 10.1. The summed E-state index contributed by atoms with van der Waals surface area (Å²) in [4.78, 5) is 48.4. The highest BCUT2D eigenvalue weighted by atomic mass is 32.2. The van der Waals surface area contributed by atoms with E-state index in [0.717, 1.165) is 27.1 Å². The first-order chi connectivity index (χ1) is 17.0. The Morgan fingerprint density at radius 3 is 2.43 bits per heavy atom. The van der Waals surface area contributed by atoms with Gasteiger partial charge in [0.15, 0.2) is 5.16 Å². The van der Waals surface area contributed by atoms with Crippen LogP contribution in [-0.2, 0) is 14.3 Å². The molecule has 5 rings (SSSR count). The summed E-state index contributed by atoms with van der Waals surface area (Å²) in [6.07, 6.45) is 0.0417. The summed E-state index contributed by atoms with van der Waals surface area (Å²) in [6, 6.07) is 23.8.